The van der Waals surface area contributed by atoms with Crippen LogP contribution in [0.2, 0.25) is 0 Å². The lowest BCUT2D eigenvalue weighted by atomic mass is 10.1. The maximum absolute atomic E-state index is 13.1. The van der Waals surface area contributed by atoms with E-state index in [9.17, 15) is 4.79 Å². The normalized spacial score (nSPS) is 17.6. The molecule has 0 saturated heterocycles. The van der Waals surface area contributed by atoms with Crippen molar-refractivity contribution in [3.8, 4) is 11.5 Å². The molecule has 0 aliphatic carbocycles. The molecule has 8 heteroatoms. The van der Waals surface area contributed by atoms with Crippen LogP contribution in [0.15, 0.2) is 24.3 Å². The van der Waals surface area contributed by atoms with Crippen molar-refractivity contribution < 1.29 is 14.3 Å². The summed E-state index contributed by atoms with van der Waals surface area (Å²) in [5, 5.41) is 10.6. The van der Waals surface area contributed by atoms with E-state index in [-0.39, 0.29) is 24.4 Å². The summed E-state index contributed by atoms with van der Waals surface area (Å²) in [5.41, 5.74) is 2.58. The van der Waals surface area contributed by atoms with Gasteiger partial charge in [0, 0.05) is 37.3 Å². The Kier molecular flexibility index (Phi) is 6.23. The van der Waals surface area contributed by atoms with Gasteiger partial charge in [0.25, 0.3) is 5.91 Å². The first-order chi connectivity index (χ1) is 12.8. The molecule has 1 aromatic heterocycles. The minimum Gasteiger partial charge on any atom is -0.486 e. The number of halogens is 1. The molecule has 0 spiro atoms. The number of carbonyl (C=O) groups is 1. The summed E-state index contributed by atoms with van der Waals surface area (Å²) >= 11 is 0. The molecular weight excluding hydrogens is 368 g/mol. The number of fused-ring (bicyclic) bond motifs is 2. The molecule has 7 nitrogen and oxygen atoms in total. The number of nitrogens with zero attached hydrogens (tertiary/aromatic N) is 2. The summed E-state index contributed by atoms with van der Waals surface area (Å²) < 4.78 is 11.8. The van der Waals surface area contributed by atoms with Crippen molar-refractivity contribution in [2.45, 2.75) is 32.4 Å². The van der Waals surface area contributed by atoms with Crippen LogP contribution in [-0.4, -0.2) is 53.3 Å². The summed E-state index contributed by atoms with van der Waals surface area (Å²) in [6.07, 6.45) is 1.56. The lowest BCUT2D eigenvalue weighted by Crippen LogP contribution is -2.44. The van der Waals surface area contributed by atoms with Crippen molar-refractivity contribution >= 4 is 18.3 Å². The third-order valence-corrected chi connectivity index (χ3v) is 4.78. The van der Waals surface area contributed by atoms with Gasteiger partial charge in [-0.05, 0) is 18.6 Å². The van der Waals surface area contributed by atoms with Crippen LogP contribution >= 0.6 is 12.4 Å². The number of hydrogen-bond donors (Lipinski definition) is 2. The van der Waals surface area contributed by atoms with E-state index in [2.05, 4.69) is 22.4 Å². The lowest BCUT2D eigenvalue weighted by molar-refractivity contribution is 0.0458. The molecule has 1 aromatic carbocycles. The molecule has 27 heavy (non-hydrogen) atoms. The Morgan fingerprint density at radius 3 is 2.96 bits per heavy atom. The molecule has 0 saturated carbocycles. The number of hydrogen-bond acceptors (Lipinski definition) is 5. The summed E-state index contributed by atoms with van der Waals surface area (Å²) in [6, 6.07) is 7.62. The highest BCUT2D eigenvalue weighted by Crippen LogP contribution is 2.31. The Hall–Kier alpha value is -2.25. The number of ether oxygens (including phenoxy) is 2. The van der Waals surface area contributed by atoms with Crippen LogP contribution in [0.4, 0.5) is 0 Å². The number of benzene rings is 1. The quantitative estimate of drug-likeness (QED) is 0.815. The lowest BCUT2D eigenvalue weighted by Gasteiger charge is -2.31. The standard InChI is InChI=1S/C19H24N4O3.ClH/c1-2-9-23(11-13-12-25-16-5-3-4-6-17(16)26-13)19(24)18-14-10-20-8-7-15(14)21-22-18;/h3-6,13,20H,2,7-12H2,1H3,(H,21,22);1H. The largest absolute Gasteiger partial charge is 0.486 e. The second kappa shape index (κ2) is 8.63. The molecule has 2 aliphatic rings. The first kappa shape index (κ1) is 19.5. The number of aromatic nitrogens is 2. The van der Waals surface area contributed by atoms with Gasteiger partial charge in [0.15, 0.2) is 23.3 Å². The summed E-state index contributed by atoms with van der Waals surface area (Å²) in [7, 11) is 0. The molecule has 4 rings (SSSR count). The van der Waals surface area contributed by atoms with E-state index in [1.165, 1.54) is 0 Å². The predicted octanol–water partition coefficient (Wildman–Crippen LogP) is 2.17. The predicted molar refractivity (Wildman–Crippen MR) is 104 cm³/mol. The number of carbonyl (C=O) groups excluding carboxylic acids is 1. The van der Waals surface area contributed by atoms with Crippen LogP contribution in [0.1, 0.15) is 35.1 Å². The van der Waals surface area contributed by atoms with Gasteiger partial charge in [-0.2, -0.15) is 5.10 Å². The fourth-order valence-corrected chi connectivity index (χ4v) is 3.50. The highest BCUT2D eigenvalue weighted by atomic mass is 35.5. The van der Waals surface area contributed by atoms with E-state index < -0.39 is 0 Å². The van der Waals surface area contributed by atoms with Crippen LogP contribution in [-0.2, 0) is 13.0 Å². The maximum atomic E-state index is 13.1. The van der Waals surface area contributed by atoms with Crippen molar-refractivity contribution in [2.75, 3.05) is 26.2 Å². The Bertz CT molecular complexity index is 795. The third-order valence-electron chi connectivity index (χ3n) is 4.78. The first-order valence-electron chi connectivity index (χ1n) is 9.21. The van der Waals surface area contributed by atoms with Crippen molar-refractivity contribution in [1.82, 2.24) is 20.4 Å². The monoisotopic (exact) mass is 392 g/mol. The molecule has 3 heterocycles. The van der Waals surface area contributed by atoms with Gasteiger partial charge in [-0.3, -0.25) is 9.89 Å². The minimum absolute atomic E-state index is 0. The average Bonchev–Trinajstić information content (AvgIpc) is 3.11. The molecule has 146 valence electrons. The third kappa shape index (κ3) is 4.04. The van der Waals surface area contributed by atoms with Crippen molar-refractivity contribution in [3.63, 3.8) is 0 Å². The number of aromatic amines is 1. The van der Waals surface area contributed by atoms with E-state index in [0.29, 0.717) is 31.9 Å². The van der Waals surface area contributed by atoms with Crippen molar-refractivity contribution in [2.24, 2.45) is 0 Å². The maximum Gasteiger partial charge on any atom is 0.274 e. The van der Waals surface area contributed by atoms with Gasteiger partial charge < -0.3 is 19.7 Å². The zero-order chi connectivity index (χ0) is 17.9. The Morgan fingerprint density at radius 2 is 2.15 bits per heavy atom. The van der Waals surface area contributed by atoms with Gasteiger partial charge in [0.05, 0.1) is 6.54 Å². The summed E-state index contributed by atoms with van der Waals surface area (Å²) in [4.78, 5) is 14.9. The number of H-pyrrole nitrogens is 1. The van der Waals surface area contributed by atoms with Gasteiger partial charge >= 0.3 is 0 Å². The molecule has 0 fully saturated rings. The van der Waals surface area contributed by atoms with E-state index >= 15 is 0 Å². The number of rotatable bonds is 5. The van der Waals surface area contributed by atoms with Crippen LogP contribution in [0.3, 0.4) is 0 Å². The Labute approximate surface area is 164 Å². The van der Waals surface area contributed by atoms with Gasteiger partial charge in [-0.15, -0.1) is 12.4 Å². The molecule has 2 N–H and O–H groups in total. The molecule has 0 radical (unpaired) electrons. The first-order valence-corrected chi connectivity index (χ1v) is 9.21. The van der Waals surface area contributed by atoms with Crippen LogP contribution < -0.4 is 14.8 Å². The fraction of sp³-hybridized carbons (Fsp3) is 0.474. The van der Waals surface area contributed by atoms with Crippen LogP contribution in [0.5, 0.6) is 11.5 Å². The SMILES string of the molecule is CCCN(CC1COc2ccccc2O1)C(=O)c1n[nH]c2c1CNCC2.Cl. The number of nitrogens with one attached hydrogen (secondary N) is 2. The topological polar surface area (TPSA) is 79.5 Å². The molecule has 0 bridgehead atoms. The zero-order valence-corrected chi connectivity index (χ0v) is 16.2. The second-order valence-corrected chi connectivity index (χ2v) is 6.70. The van der Waals surface area contributed by atoms with Crippen LogP contribution in [0.25, 0.3) is 0 Å². The number of amides is 1. The molecule has 1 amide bonds. The Morgan fingerprint density at radius 1 is 1.33 bits per heavy atom. The molecule has 1 unspecified atom stereocenters. The zero-order valence-electron chi connectivity index (χ0n) is 15.4. The van der Waals surface area contributed by atoms with Crippen molar-refractivity contribution in [1.29, 1.82) is 0 Å². The highest BCUT2D eigenvalue weighted by Gasteiger charge is 2.29. The highest BCUT2D eigenvalue weighted by molar-refractivity contribution is 5.94. The van der Waals surface area contributed by atoms with Gasteiger partial charge in [0.2, 0.25) is 0 Å². The average molecular weight is 393 g/mol. The van der Waals surface area contributed by atoms with Gasteiger partial charge in [0.1, 0.15) is 6.61 Å². The minimum atomic E-state index is -0.187. The molecule has 2 aromatic rings. The second-order valence-electron chi connectivity index (χ2n) is 6.70. The molecular formula is C19H25ClN4O3. The van der Waals surface area contributed by atoms with E-state index in [1.807, 2.05) is 29.2 Å². The van der Waals surface area contributed by atoms with E-state index in [0.717, 1.165) is 42.1 Å². The summed E-state index contributed by atoms with van der Waals surface area (Å²) in [6.45, 7) is 5.24. The van der Waals surface area contributed by atoms with Gasteiger partial charge in [-0.25, -0.2) is 0 Å². The van der Waals surface area contributed by atoms with E-state index in [4.69, 9.17) is 9.47 Å². The van der Waals surface area contributed by atoms with Gasteiger partial charge in [-0.1, -0.05) is 19.1 Å². The molecule has 2 aliphatic heterocycles. The number of para-hydroxylation sites is 2. The fourth-order valence-electron chi connectivity index (χ4n) is 3.50. The van der Waals surface area contributed by atoms with Crippen molar-refractivity contribution in [3.05, 3.63) is 41.2 Å². The Balaban J connectivity index is 0.00000210. The summed E-state index contributed by atoms with van der Waals surface area (Å²) in [5.74, 6) is 1.44. The molecule has 1 atom stereocenters. The van der Waals surface area contributed by atoms with E-state index in [1.54, 1.807) is 0 Å². The van der Waals surface area contributed by atoms with Crippen LogP contribution in [0, 0.1) is 0 Å². The smallest absolute Gasteiger partial charge is 0.274 e.